The van der Waals surface area contributed by atoms with E-state index in [4.69, 9.17) is 10.5 Å². The number of aromatic amines is 1. The highest BCUT2D eigenvalue weighted by molar-refractivity contribution is 7.14. The van der Waals surface area contributed by atoms with Crippen LogP contribution in [0.5, 0.6) is 0 Å². The molecule has 2 aromatic rings. The van der Waals surface area contributed by atoms with E-state index in [1.54, 1.807) is 5.38 Å². The third kappa shape index (κ3) is 3.36. The van der Waals surface area contributed by atoms with E-state index < -0.39 is 11.2 Å². The summed E-state index contributed by atoms with van der Waals surface area (Å²) in [5.41, 5.74) is 5.70. The molecule has 0 bridgehead atoms. The first-order chi connectivity index (χ1) is 11.6. The van der Waals surface area contributed by atoms with Crippen LogP contribution >= 0.6 is 11.3 Å². The third-order valence-corrected chi connectivity index (χ3v) is 4.98. The van der Waals surface area contributed by atoms with E-state index in [0.717, 1.165) is 18.0 Å². The van der Waals surface area contributed by atoms with Gasteiger partial charge >= 0.3 is 5.69 Å². The van der Waals surface area contributed by atoms with Crippen LogP contribution in [0.2, 0.25) is 0 Å². The number of H-pyrrole nitrogens is 1. The Morgan fingerprint density at radius 3 is 2.92 bits per heavy atom. The highest BCUT2D eigenvalue weighted by atomic mass is 32.1. The van der Waals surface area contributed by atoms with Crippen molar-refractivity contribution in [3.8, 4) is 11.3 Å². The number of nitrogen functional groups attached to an aromatic ring is 1. The Labute approximate surface area is 142 Å². The van der Waals surface area contributed by atoms with Gasteiger partial charge in [0, 0.05) is 18.5 Å². The van der Waals surface area contributed by atoms with Crippen molar-refractivity contribution in [3.05, 3.63) is 26.2 Å². The van der Waals surface area contributed by atoms with Crippen LogP contribution in [0.25, 0.3) is 11.3 Å². The second-order valence-corrected chi connectivity index (χ2v) is 6.69. The first kappa shape index (κ1) is 16.7. The van der Waals surface area contributed by atoms with Crippen LogP contribution in [-0.4, -0.2) is 34.3 Å². The molecule has 0 radical (unpaired) electrons. The number of hydrogen-bond acceptors (Lipinski definition) is 7. The number of rotatable bonds is 6. The number of nitrogens with zero attached hydrogens (tertiary/aromatic N) is 2. The number of nitrogens with two attached hydrogens (primary N) is 1. The van der Waals surface area contributed by atoms with Gasteiger partial charge in [-0.1, -0.05) is 12.8 Å². The predicted octanol–water partition coefficient (Wildman–Crippen LogP) is 1.24. The maximum Gasteiger partial charge on any atom is 0.330 e. The van der Waals surface area contributed by atoms with Crippen molar-refractivity contribution in [2.24, 2.45) is 0 Å². The Morgan fingerprint density at radius 1 is 1.46 bits per heavy atom. The van der Waals surface area contributed by atoms with Gasteiger partial charge in [0.15, 0.2) is 5.13 Å². The smallest absolute Gasteiger partial charge is 0.330 e. The molecule has 0 unspecified atom stereocenters. The van der Waals surface area contributed by atoms with E-state index in [-0.39, 0.29) is 17.9 Å². The Morgan fingerprint density at radius 2 is 2.21 bits per heavy atom. The topological polar surface area (TPSA) is 115 Å². The zero-order valence-corrected chi connectivity index (χ0v) is 14.3. The lowest BCUT2D eigenvalue weighted by Gasteiger charge is -2.11. The Kier molecular flexibility index (Phi) is 5.00. The van der Waals surface area contributed by atoms with Gasteiger partial charge in [0.2, 0.25) is 0 Å². The van der Waals surface area contributed by atoms with Crippen molar-refractivity contribution in [2.75, 3.05) is 24.8 Å². The van der Waals surface area contributed by atoms with Crippen molar-refractivity contribution >= 4 is 22.3 Å². The molecular weight excluding hydrogens is 330 g/mol. The predicted molar refractivity (Wildman–Crippen MR) is 94.6 cm³/mol. The van der Waals surface area contributed by atoms with Gasteiger partial charge in [0.25, 0.3) is 5.56 Å². The molecule has 1 aliphatic carbocycles. The highest BCUT2D eigenvalue weighted by Gasteiger charge is 2.19. The molecule has 1 aliphatic rings. The maximum atomic E-state index is 12.2. The van der Waals surface area contributed by atoms with Crippen LogP contribution in [0.15, 0.2) is 15.0 Å². The van der Waals surface area contributed by atoms with E-state index in [2.05, 4.69) is 15.3 Å². The van der Waals surface area contributed by atoms with E-state index in [9.17, 15) is 9.59 Å². The SMILES string of the molecule is COCCn1c(N)c(-c2csc(NC3CCCC3)n2)c(=O)[nH]c1=O. The zero-order valence-electron chi connectivity index (χ0n) is 13.5. The standard InChI is InChI=1S/C15H21N5O3S/c1-23-7-6-20-12(16)11(13(21)19-15(20)22)10-8-24-14(18-10)17-9-4-2-3-5-9/h8-9H,2-7,16H2,1H3,(H,17,18)(H,19,21,22). The van der Waals surface area contributed by atoms with Crippen LogP contribution in [0, 0.1) is 0 Å². The number of nitrogens with one attached hydrogen (secondary N) is 2. The fraction of sp³-hybridized carbons (Fsp3) is 0.533. The summed E-state index contributed by atoms with van der Waals surface area (Å²) in [7, 11) is 1.54. The van der Waals surface area contributed by atoms with Crippen LogP contribution in [-0.2, 0) is 11.3 Å². The van der Waals surface area contributed by atoms with Gasteiger partial charge in [0.05, 0.1) is 18.8 Å². The molecule has 1 saturated carbocycles. The molecule has 4 N–H and O–H groups in total. The third-order valence-electron chi connectivity index (χ3n) is 4.20. The summed E-state index contributed by atoms with van der Waals surface area (Å²) in [6, 6.07) is 0.440. The molecule has 2 heterocycles. The summed E-state index contributed by atoms with van der Waals surface area (Å²) in [5.74, 6) is 0.110. The minimum Gasteiger partial charge on any atom is -0.384 e. The fourth-order valence-electron chi connectivity index (χ4n) is 2.94. The lowest BCUT2D eigenvalue weighted by molar-refractivity contribution is 0.186. The second-order valence-electron chi connectivity index (χ2n) is 5.83. The molecule has 0 amide bonds. The van der Waals surface area contributed by atoms with E-state index >= 15 is 0 Å². The van der Waals surface area contributed by atoms with E-state index in [1.165, 1.54) is 35.9 Å². The number of methoxy groups -OCH3 is 1. The van der Waals surface area contributed by atoms with Gasteiger partial charge in [0.1, 0.15) is 11.4 Å². The van der Waals surface area contributed by atoms with Crippen molar-refractivity contribution in [1.29, 1.82) is 0 Å². The molecular formula is C15H21N5O3S. The zero-order chi connectivity index (χ0) is 17.1. The van der Waals surface area contributed by atoms with E-state index in [1.807, 2.05) is 0 Å². The summed E-state index contributed by atoms with van der Waals surface area (Å²) in [6.45, 7) is 0.587. The molecule has 0 aromatic carbocycles. The average Bonchev–Trinajstić information content (AvgIpc) is 3.20. The lowest BCUT2D eigenvalue weighted by atomic mass is 10.2. The van der Waals surface area contributed by atoms with Crippen molar-refractivity contribution in [2.45, 2.75) is 38.3 Å². The second kappa shape index (κ2) is 7.18. The number of hydrogen-bond donors (Lipinski definition) is 3. The summed E-state index contributed by atoms with van der Waals surface area (Å²) in [6.07, 6.45) is 4.74. The average molecular weight is 351 g/mol. The van der Waals surface area contributed by atoms with Gasteiger partial charge in [-0.2, -0.15) is 0 Å². The largest absolute Gasteiger partial charge is 0.384 e. The molecule has 0 spiro atoms. The first-order valence-electron chi connectivity index (χ1n) is 7.94. The summed E-state index contributed by atoms with van der Waals surface area (Å²) in [4.78, 5) is 30.9. The van der Waals surface area contributed by atoms with Crippen LogP contribution < -0.4 is 22.3 Å². The molecule has 3 rings (SSSR count). The van der Waals surface area contributed by atoms with E-state index in [0.29, 0.717) is 18.3 Å². The summed E-state index contributed by atoms with van der Waals surface area (Å²) in [5, 5.41) is 5.95. The monoisotopic (exact) mass is 351 g/mol. The van der Waals surface area contributed by atoms with Crippen LogP contribution in [0.3, 0.4) is 0 Å². The van der Waals surface area contributed by atoms with Gasteiger partial charge < -0.3 is 15.8 Å². The quantitative estimate of drug-likeness (QED) is 0.721. The van der Waals surface area contributed by atoms with Gasteiger partial charge in [-0.25, -0.2) is 9.78 Å². The molecule has 2 aromatic heterocycles. The van der Waals surface area contributed by atoms with Gasteiger partial charge in [-0.05, 0) is 12.8 Å². The van der Waals surface area contributed by atoms with Crippen molar-refractivity contribution in [1.82, 2.24) is 14.5 Å². The number of thiazole rings is 1. The molecule has 0 atom stereocenters. The molecule has 0 saturated heterocycles. The summed E-state index contributed by atoms with van der Waals surface area (Å²) < 4.78 is 6.27. The Balaban J connectivity index is 1.92. The number of ether oxygens (including phenoxy) is 1. The molecule has 24 heavy (non-hydrogen) atoms. The molecule has 0 aliphatic heterocycles. The van der Waals surface area contributed by atoms with Gasteiger partial charge in [-0.15, -0.1) is 11.3 Å². The molecule has 9 heteroatoms. The number of aromatic nitrogens is 3. The lowest BCUT2D eigenvalue weighted by Crippen LogP contribution is -2.34. The fourth-order valence-corrected chi connectivity index (χ4v) is 3.72. The highest BCUT2D eigenvalue weighted by Crippen LogP contribution is 2.28. The molecule has 1 fully saturated rings. The first-order valence-corrected chi connectivity index (χ1v) is 8.82. The normalized spacial score (nSPS) is 15.0. The summed E-state index contributed by atoms with van der Waals surface area (Å²) >= 11 is 1.43. The van der Waals surface area contributed by atoms with Crippen molar-refractivity contribution < 1.29 is 4.74 Å². The van der Waals surface area contributed by atoms with Crippen LogP contribution in [0.4, 0.5) is 10.9 Å². The van der Waals surface area contributed by atoms with Crippen molar-refractivity contribution in [3.63, 3.8) is 0 Å². The minimum atomic E-state index is -0.544. The maximum absolute atomic E-state index is 12.2. The Hall–Kier alpha value is -2.13. The Bertz CT molecular complexity index is 819. The molecule has 130 valence electrons. The van der Waals surface area contributed by atoms with Crippen LogP contribution in [0.1, 0.15) is 25.7 Å². The minimum absolute atomic E-state index is 0.110. The number of anilines is 2. The molecule has 8 nitrogen and oxygen atoms in total. The van der Waals surface area contributed by atoms with Gasteiger partial charge in [-0.3, -0.25) is 14.3 Å².